The number of hydrogen-bond donors (Lipinski definition) is 1. The van der Waals surface area contributed by atoms with Gasteiger partial charge >= 0.3 is 0 Å². The van der Waals surface area contributed by atoms with Gasteiger partial charge in [0, 0.05) is 25.6 Å². The highest BCUT2D eigenvalue weighted by Crippen LogP contribution is 2.46. The summed E-state index contributed by atoms with van der Waals surface area (Å²) < 4.78 is 10.3. The van der Waals surface area contributed by atoms with E-state index >= 15 is 0 Å². The molecule has 5 nitrogen and oxygen atoms in total. The van der Waals surface area contributed by atoms with Crippen LogP contribution in [-0.4, -0.2) is 35.8 Å². The lowest BCUT2D eigenvalue weighted by molar-refractivity contribution is 0.199. The molecule has 0 unspecified atom stereocenters. The molecule has 1 fully saturated rings. The van der Waals surface area contributed by atoms with Crippen LogP contribution in [0.3, 0.4) is 0 Å². The predicted octanol–water partition coefficient (Wildman–Crippen LogP) is 5.99. The topological polar surface area (TPSA) is 60.0 Å². The number of aryl methyl sites for hydroxylation is 1. The minimum Gasteiger partial charge on any atom is -0.480 e. The maximum absolute atomic E-state index is 5.61. The van der Waals surface area contributed by atoms with E-state index in [-0.39, 0.29) is 0 Å². The normalized spacial score (nSPS) is 13.5. The van der Waals surface area contributed by atoms with E-state index in [1.165, 1.54) is 24.0 Å². The fourth-order valence-corrected chi connectivity index (χ4v) is 3.43. The summed E-state index contributed by atoms with van der Waals surface area (Å²) in [6.45, 7) is 9.35. The number of H-pyrrole nitrogens is 1. The van der Waals surface area contributed by atoms with E-state index < -0.39 is 0 Å². The molecule has 1 N–H and O–H groups in total. The van der Waals surface area contributed by atoms with E-state index in [1.807, 2.05) is 6.20 Å². The summed E-state index contributed by atoms with van der Waals surface area (Å²) in [5.41, 5.74) is 7.68. The first kappa shape index (κ1) is 21.3. The van der Waals surface area contributed by atoms with Gasteiger partial charge in [-0.3, -0.25) is 0 Å². The van der Waals surface area contributed by atoms with Crippen LogP contribution in [-0.2, 0) is 4.74 Å². The molecule has 3 aromatic heterocycles. The van der Waals surface area contributed by atoms with Crippen LogP contribution >= 0.6 is 0 Å². The SMILES string of the molecule is CCCOC.COc1nc(C(C)C)ccc1-c1nc2c(C)c[nH]c2cc1C1CC1. The Balaban J connectivity index is 0.000000431. The van der Waals surface area contributed by atoms with Gasteiger partial charge in [0.05, 0.1) is 29.4 Å². The Morgan fingerprint density at radius 3 is 2.48 bits per heavy atom. The fourth-order valence-electron chi connectivity index (χ4n) is 3.43. The molecule has 1 saturated carbocycles. The highest BCUT2D eigenvalue weighted by Gasteiger charge is 2.29. The van der Waals surface area contributed by atoms with Crippen LogP contribution in [0.5, 0.6) is 5.88 Å². The Hall–Kier alpha value is -2.40. The molecule has 29 heavy (non-hydrogen) atoms. The number of ether oxygens (including phenoxy) is 2. The van der Waals surface area contributed by atoms with Gasteiger partial charge in [-0.05, 0) is 67.3 Å². The molecule has 0 radical (unpaired) electrons. The zero-order valence-corrected chi connectivity index (χ0v) is 18.5. The molecule has 3 aromatic rings. The van der Waals surface area contributed by atoms with Crippen molar-refractivity contribution in [1.29, 1.82) is 0 Å². The average molecular weight is 396 g/mol. The molecule has 0 aliphatic heterocycles. The summed E-state index contributed by atoms with van der Waals surface area (Å²) in [5.74, 6) is 1.65. The summed E-state index contributed by atoms with van der Waals surface area (Å²) in [5, 5.41) is 0. The third-order valence-electron chi connectivity index (χ3n) is 5.22. The summed E-state index contributed by atoms with van der Waals surface area (Å²) in [6.07, 6.45) is 5.62. The standard InChI is InChI=1S/C20H23N3O.C4H10O/c1-11(2)16-8-7-14(20(22-16)24-4)19-15(13-5-6-13)9-17-18(23-19)12(3)10-21-17;1-3-4-5-2/h7-11,13,21H,5-6H2,1-4H3;3-4H2,1-2H3. The van der Waals surface area contributed by atoms with Crippen LogP contribution in [0.15, 0.2) is 24.4 Å². The van der Waals surface area contributed by atoms with Crippen LogP contribution in [0.25, 0.3) is 22.3 Å². The Kier molecular flexibility index (Phi) is 6.91. The van der Waals surface area contributed by atoms with Gasteiger partial charge in [-0.1, -0.05) is 20.8 Å². The Bertz CT molecular complexity index is 956. The zero-order chi connectivity index (χ0) is 21.0. The van der Waals surface area contributed by atoms with Crippen molar-refractivity contribution in [3.8, 4) is 17.1 Å². The second kappa shape index (κ2) is 9.40. The molecule has 0 aromatic carbocycles. The third-order valence-corrected chi connectivity index (χ3v) is 5.22. The molecule has 0 amide bonds. The number of hydrogen-bond acceptors (Lipinski definition) is 4. The van der Waals surface area contributed by atoms with Gasteiger partial charge in [-0.25, -0.2) is 9.97 Å². The Morgan fingerprint density at radius 1 is 1.17 bits per heavy atom. The summed E-state index contributed by atoms with van der Waals surface area (Å²) in [6, 6.07) is 6.47. The first-order valence-electron chi connectivity index (χ1n) is 10.5. The number of aromatic nitrogens is 3. The van der Waals surface area contributed by atoms with E-state index in [2.05, 4.69) is 50.9 Å². The summed E-state index contributed by atoms with van der Waals surface area (Å²) in [7, 11) is 3.40. The number of aromatic amines is 1. The van der Waals surface area contributed by atoms with Crippen LogP contribution in [0, 0.1) is 6.92 Å². The van der Waals surface area contributed by atoms with E-state index in [0.29, 0.717) is 17.7 Å². The van der Waals surface area contributed by atoms with Crippen molar-refractivity contribution in [2.24, 2.45) is 0 Å². The van der Waals surface area contributed by atoms with Gasteiger partial charge in [0.1, 0.15) is 0 Å². The Labute approximate surface area is 173 Å². The van der Waals surface area contributed by atoms with Gasteiger partial charge in [-0.2, -0.15) is 0 Å². The monoisotopic (exact) mass is 395 g/mol. The van der Waals surface area contributed by atoms with Crippen molar-refractivity contribution in [3.63, 3.8) is 0 Å². The number of nitrogens with one attached hydrogen (secondary N) is 1. The van der Waals surface area contributed by atoms with E-state index in [4.69, 9.17) is 19.4 Å². The lowest BCUT2D eigenvalue weighted by atomic mass is 10.0. The predicted molar refractivity (Wildman–Crippen MR) is 119 cm³/mol. The van der Waals surface area contributed by atoms with Crippen molar-refractivity contribution < 1.29 is 9.47 Å². The van der Waals surface area contributed by atoms with E-state index in [9.17, 15) is 0 Å². The van der Waals surface area contributed by atoms with Crippen LogP contribution in [0.2, 0.25) is 0 Å². The third kappa shape index (κ3) is 4.78. The van der Waals surface area contributed by atoms with Crippen LogP contribution in [0.1, 0.15) is 68.7 Å². The van der Waals surface area contributed by atoms with Crippen molar-refractivity contribution in [1.82, 2.24) is 15.0 Å². The minimum absolute atomic E-state index is 0.373. The molecule has 4 rings (SSSR count). The number of methoxy groups -OCH3 is 2. The molecule has 0 saturated heterocycles. The molecule has 0 spiro atoms. The molecular weight excluding hydrogens is 362 g/mol. The van der Waals surface area contributed by atoms with Crippen LogP contribution < -0.4 is 4.74 Å². The van der Waals surface area contributed by atoms with Gasteiger partial charge < -0.3 is 14.5 Å². The number of nitrogens with zero attached hydrogens (tertiary/aromatic N) is 2. The van der Waals surface area contributed by atoms with Crippen molar-refractivity contribution >= 4 is 11.0 Å². The second-order valence-electron chi connectivity index (χ2n) is 8.01. The van der Waals surface area contributed by atoms with Gasteiger partial charge in [-0.15, -0.1) is 0 Å². The van der Waals surface area contributed by atoms with Crippen molar-refractivity contribution in [2.45, 2.75) is 58.8 Å². The maximum atomic E-state index is 5.61. The van der Waals surface area contributed by atoms with E-state index in [0.717, 1.165) is 41.0 Å². The smallest absolute Gasteiger partial charge is 0.222 e. The molecule has 1 aliphatic carbocycles. The van der Waals surface area contributed by atoms with Crippen molar-refractivity contribution in [3.05, 3.63) is 41.2 Å². The zero-order valence-electron chi connectivity index (χ0n) is 18.5. The summed E-state index contributed by atoms with van der Waals surface area (Å²) >= 11 is 0. The number of fused-ring (bicyclic) bond motifs is 1. The highest BCUT2D eigenvalue weighted by atomic mass is 16.5. The minimum atomic E-state index is 0.373. The largest absolute Gasteiger partial charge is 0.480 e. The molecule has 3 heterocycles. The quantitative estimate of drug-likeness (QED) is 0.557. The maximum Gasteiger partial charge on any atom is 0.222 e. The molecule has 1 aliphatic rings. The second-order valence-corrected chi connectivity index (χ2v) is 8.01. The van der Waals surface area contributed by atoms with Gasteiger partial charge in [0.2, 0.25) is 5.88 Å². The van der Waals surface area contributed by atoms with Gasteiger partial charge in [0.25, 0.3) is 0 Å². The average Bonchev–Trinajstić information content (AvgIpc) is 3.51. The molecular formula is C24H33N3O2. The lowest BCUT2D eigenvalue weighted by Crippen LogP contribution is -2.01. The number of rotatable bonds is 6. The highest BCUT2D eigenvalue weighted by molar-refractivity contribution is 5.84. The fraction of sp³-hybridized carbons (Fsp3) is 0.500. The summed E-state index contributed by atoms with van der Waals surface area (Å²) in [4.78, 5) is 13.0. The van der Waals surface area contributed by atoms with E-state index in [1.54, 1.807) is 14.2 Å². The molecule has 5 heteroatoms. The first-order chi connectivity index (χ1) is 14.0. The lowest BCUT2D eigenvalue weighted by Gasteiger charge is -2.14. The Morgan fingerprint density at radius 2 is 1.93 bits per heavy atom. The van der Waals surface area contributed by atoms with Crippen molar-refractivity contribution in [2.75, 3.05) is 20.8 Å². The van der Waals surface area contributed by atoms with Crippen LogP contribution in [0.4, 0.5) is 0 Å². The molecule has 0 atom stereocenters. The number of pyridine rings is 2. The first-order valence-corrected chi connectivity index (χ1v) is 10.5. The molecule has 156 valence electrons. The van der Waals surface area contributed by atoms with Gasteiger partial charge in [0.15, 0.2) is 0 Å². The molecule has 0 bridgehead atoms.